The van der Waals surface area contributed by atoms with Gasteiger partial charge in [0.25, 0.3) is 0 Å². The number of rotatable bonds is 6. The van der Waals surface area contributed by atoms with Gasteiger partial charge in [-0.25, -0.2) is 0 Å². The minimum Gasteiger partial charge on any atom is -0.394 e. The second kappa shape index (κ2) is 8.16. The monoisotopic (exact) mass is 366 g/mol. The van der Waals surface area contributed by atoms with E-state index >= 15 is 0 Å². The Kier molecular flexibility index (Phi) is 6.08. The minimum atomic E-state index is -0.137. The Hall–Kier alpha value is -1.64. The van der Waals surface area contributed by atoms with E-state index in [9.17, 15) is 5.11 Å². The van der Waals surface area contributed by atoms with Crippen LogP contribution in [0.2, 0.25) is 0 Å². The molecule has 1 aliphatic rings. The van der Waals surface area contributed by atoms with E-state index in [1.54, 1.807) is 5.56 Å². The lowest BCUT2D eigenvalue weighted by Crippen LogP contribution is -2.16. The zero-order chi connectivity index (χ0) is 19.6. The van der Waals surface area contributed by atoms with Gasteiger partial charge in [-0.05, 0) is 78.3 Å². The van der Waals surface area contributed by atoms with Crippen LogP contribution in [0.1, 0.15) is 80.5 Å². The number of aliphatic hydroxyl groups is 1. The van der Waals surface area contributed by atoms with Crippen LogP contribution in [-0.4, -0.2) is 17.8 Å². The maximum atomic E-state index is 9.29. The zero-order valence-electron chi connectivity index (χ0n) is 17.5. The van der Waals surface area contributed by atoms with Crippen molar-refractivity contribution in [2.45, 2.75) is 77.9 Å². The van der Waals surface area contributed by atoms with Crippen LogP contribution in [0.15, 0.2) is 36.4 Å². The first-order chi connectivity index (χ1) is 12.8. The fraction of sp³-hybridized carbons (Fsp3) is 0.520. The highest BCUT2D eigenvalue weighted by Crippen LogP contribution is 2.32. The summed E-state index contributed by atoms with van der Waals surface area (Å²) in [6.07, 6.45) is 4.44. The first-order valence-electron chi connectivity index (χ1n) is 10.3. The summed E-state index contributed by atoms with van der Waals surface area (Å²) < 4.78 is 5.95. The third kappa shape index (κ3) is 4.80. The van der Waals surface area contributed by atoms with Crippen molar-refractivity contribution >= 4 is 0 Å². The summed E-state index contributed by atoms with van der Waals surface area (Å²) in [4.78, 5) is 0. The second-order valence-electron chi connectivity index (χ2n) is 9.07. The lowest BCUT2D eigenvalue weighted by atomic mass is 9.86. The third-order valence-electron chi connectivity index (χ3n) is 5.71. The van der Waals surface area contributed by atoms with Gasteiger partial charge >= 0.3 is 0 Å². The van der Waals surface area contributed by atoms with E-state index in [4.69, 9.17) is 4.74 Å². The number of benzene rings is 2. The molecule has 0 radical (unpaired) electrons. The molecule has 27 heavy (non-hydrogen) atoms. The number of aryl methyl sites for hydroxylation is 1. The van der Waals surface area contributed by atoms with E-state index in [1.807, 2.05) is 6.92 Å². The van der Waals surface area contributed by atoms with Gasteiger partial charge in [0.05, 0.1) is 18.8 Å². The number of ether oxygens (including phenoxy) is 1. The van der Waals surface area contributed by atoms with E-state index in [-0.39, 0.29) is 24.2 Å². The van der Waals surface area contributed by atoms with Crippen molar-refractivity contribution in [2.75, 3.05) is 6.61 Å². The van der Waals surface area contributed by atoms with Crippen molar-refractivity contribution in [3.63, 3.8) is 0 Å². The molecule has 0 spiro atoms. The Morgan fingerprint density at radius 1 is 1.04 bits per heavy atom. The molecule has 0 fully saturated rings. The summed E-state index contributed by atoms with van der Waals surface area (Å²) in [7, 11) is 0. The van der Waals surface area contributed by atoms with Crippen molar-refractivity contribution in [1.82, 2.24) is 0 Å². The van der Waals surface area contributed by atoms with Gasteiger partial charge in [0, 0.05) is 0 Å². The molecule has 0 aliphatic heterocycles. The number of aliphatic hydroxyl groups excluding tert-OH is 1. The molecule has 0 amide bonds. The van der Waals surface area contributed by atoms with E-state index in [0.717, 1.165) is 6.42 Å². The van der Waals surface area contributed by atoms with Crippen LogP contribution >= 0.6 is 0 Å². The van der Waals surface area contributed by atoms with E-state index in [1.165, 1.54) is 47.1 Å². The Labute approximate surface area is 164 Å². The molecule has 1 aliphatic carbocycles. The van der Waals surface area contributed by atoms with Gasteiger partial charge < -0.3 is 9.84 Å². The number of hydrogen-bond donors (Lipinski definition) is 1. The average molecular weight is 367 g/mol. The van der Waals surface area contributed by atoms with Crippen LogP contribution in [-0.2, 0) is 29.4 Å². The Morgan fingerprint density at radius 2 is 1.74 bits per heavy atom. The predicted molar refractivity (Wildman–Crippen MR) is 112 cm³/mol. The lowest BCUT2D eigenvalue weighted by molar-refractivity contribution is -0.0220. The Morgan fingerprint density at radius 3 is 2.37 bits per heavy atom. The van der Waals surface area contributed by atoms with Crippen LogP contribution in [0.25, 0.3) is 0 Å². The molecular formula is C25H34O2. The normalized spacial score (nSPS) is 16.2. The lowest BCUT2D eigenvalue weighted by Gasteiger charge is -2.21. The maximum Gasteiger partial charge on any atom is 0.0801 e. The molecule has 2 atom stereocenters. The topological polar surface area (TPSA) is 29.5 Å². The van der Waals surface area contributed by atoms with Crippen molar-refractivity contribution < 1.29 is 9.84 Å². The first-order valence-corrected chi connectivity index (χ1v) is 10.3. The summed E-state index contributed by atoms with van der Waals surface area (Å²) in [5.74, 6) is 0. The van der Waals surface area contributed by atoms with Crippen LogP contribution in [0, 0.1) is 0 Å². The van der Waals surface area contributed by atoms with Crippen molar-refractivity contribution in [3.8, 4) is 0 Å². The molecule has 2 aromatic rings. The molecule has 0 aromatic heterocycles. The highest BCUT2D eigenvalue weighted by atomic mass is 16.5. The molecule has 0 saturated heterocycles. The summed E-state index contributed by atoms with van der Waals surface area (Å²) in [5.41, 5.74) is 8.64. The summed E-state index contributed by atoms with van der Waals surface area (Å²) >= 11 is 0. The molecule has 3 rings (SSSR count). The van der Waals surface area contributed by atoms with E-state index < -0.39 is 0 Å². The van der Waals surface area contributed by atoms with Crippen molar-refractivity contribution in [1.29, 1.82) is 0 Å². The van der Waals surface area contributed by atoms with E-state index in [2.05, 4.69) is 64.1 Å². The van der Waals surface area contributed by atoms with Crippen molar-refractivity contribution in [2.24, 2.45) is 0 Å². The van der Waals surface area contributed by atoms with Gasteiger partial charge in [0.2, 0.25) is 0 Å². The molecule has 2 unspecified atom stereocenters. The standard InChI is InChI=1S/C25H34O2/c1-17(16-26)27-18(2)21-14-20-7-6-8-24(20)22(15-21)13-19-9-11-23(12-10-19)25(3,4)5/h9-12,14-15,17-18,26H,6-8,13,16H2,1-5H3. The summed E-state index contributed by atoms with van der Waals surface area (Å²) in [5, 5.41) is 9.29. The first kappa shape index (κ1) is 20.1. The van der Waals surface area contributed by atoms with Crippen LogP contribution < -0.4 is 0 Å². The highest BCUT2D eigenvalue weighted by molar-refractivity contribution is 5.45. The van der Waals surface area contributed by atoms with Gasteiger partial charge in [-0.2, -0.15) is 0 Å². The number of hydrogen-bond acceptors (Lipinski definition) is 2. The third-order valence-corrected chi connectivity index (χ3v) is 5.71. The molecule has 0 saturated carbocycles. The summed E-state index contributed by atoms with van der Waals surface area (Å²) in [6, 6.07) is 13.8. The fourth-order valence-corrected chi connectivity index (χ4v) is 4.03. The minimum absolute atomic E-state index is 0.0000616. The predicted octanol–water partition coefficient (Wildman–Crippen LogP) is 5.52. The fourth-order valence-electron chi connectivity index (χ4n) is 4.03. The maximum absolute atomic E-state index is 9.29. The molecule has 2 heteroatoms. The van der Waals surface area contributed by atoms with Gasteiger partial charge in [0.15, 0.2) is 0 Å². The van der Waals surface area contributed by atoms with Gasteiger partial charge in [-0.15, -0.1) is 0 Å². The van der Waals surface area contributed by atoms with Crippen LogP contribution in [0.4, 0.5) is 0 Å². The Balaban J connectivity index is 1.86. The molecule has 146 valence electrons. The van der Waals surface area contributed by atoms with Gasteiger partial charge in [-0.3, -0.25) is 0 Å². The summed E-state index contributed by atoms with van der Waals surface area (Å²) in [6.45, 7) is 10.8. The molecule has 2 nitrogen and oxygen atoms in total. The molecule has 0 bridgehead atoms. The largest absolute Gasteiger partial charge is 0.394 e. The SMILES string of the molecule is CC(CO)OC(C)c1cc2c(c(Cc3ccc(C(C)(C)C)cc3)c1)CCC2. The van der Waals surface area contributed by atoms with Crippen LogP contribution in [0.3, 0.4) is 0 Å². The molecule has 0 heterocycles. The van der Waals surface area contributed by atoms with Crippen molar-refractivity contribution in [3.05, 3.63) is 69.8 Å². The zero-order valence-corrected chi connectivity index (χ0v) is 17.5. The Bertz CT molecular complexity index is 768. The van der Waals surface area contributed by atoms with Gasteiger partial charge in [0.1, 0.15) is 0 Å². The highest BCUT2D eigenvalue weighted by Gasteiger charge is 2.20. The smallest absolute Gasteiger partial charge is 0.0801 e. The molecule has 2 aromatic carbocycles. The second-order valence-corrected chi connectivity index (χ2v) is 9.07. The quantitative estimate of drug-likeness (QED) is 0.729. The molecule has 1 N–H and O–H groups in total. The number of fused-ring (bicyclic) bond motifs is 1. The average Bonchev–Trinajstić information content (AvgIpc) is 3.10. The van der Waals surface area contributed by atoms with E-state index in [0.29, 0.717) is 0 Å². The van der Waals surface area contributed by atoms with Crippen LogP contribution in [0.5, 0.6) is 0 Å². The molecular weight excluding hydrogens is 332 g/mol. The van der Waals surface area contributed by atoms with Gasteiger partial charge in [-0.1, -0.05) is 57.2 Å².